The van der Waals surface area contributed by atoms with E-state index in [1.165, 1.54) is 0 Å². The molecular formula is C3H2F3O. The van der Waals surface area contributed by atoms with Gasteiger partial charge in [0.25, 0.3) is 0 Å². The number of hydrogen-bond acceptors (Lipinski definition) is 1. The molecule has 0 amide bonds. The lowest BCUT2D eigenvalue weighted by molar-refractivity contribution is -0.123. The zero-order valence-electron chi connectivity index (χ0n) is 3.25. The van der Waals surface area contributed by atoms with E-state index in [9.17, 15) is 18.0 Å². The molecule has 0 fully saturated rings. The van der Waals surface area contributed by atoms with Crippen molar-refractivity contribution in [3.63, 3.8) is 0 Å². The molecule has 0 rings (SSSR count). The van der Waals surface area contributed by atoms with Crippen molar-refractivity contribution in [3.8, 4) is 0 Å². The number of Topliss-reactive ketones (excluding diaryl/α,β-unsaturated/α-hetero) is 1. The Hall–Kier alpha value is -0.540. The van der Waals surface area contributed by atoms with Crippen LogP contribution in [-0.2, 0) is 4.79 Å². The summed E-state index contributed by atoms with van der Waals surface area (Å²) in [5, 5.41) is 0. The van der Waals surface area contributed by atoms with Gasteiger partial charge in [-0.25, -0.2) is 4.39 Å². The molecule has 0 unspecified atom stereocenters. The number of ketones is 1. The molecule has 0 saturated carbocycles. The highest BCUT2D eigenvalue weighted by molar-refractivity contribution is 5.89. The second-order valence-corrected chi connectivity index (χ2v) is 0.817. The molecule has 0 atom stereocenters. The van der Waals surface area contributed by atoms with Crippen molar-refractivity contribution >= 4 is 5.78 Å². The van der Waals surface area contributed by atoms with Gasteiger partial charge in [0.05, 0.1) is 0 Å². The molecule has 0 N–H and O–H groups in total. The van der Waals surface area contributed by atoms with Gasteiger partial charge in [-0.05, 0) is 0 Å². The Labute approximate surface area is 38.1 Å². The smallest absolute Gasteiger partial charge is 0.290 e. The van der Waals surface area contributed by atoms with Gasteiger partial charge in [0.2, 0.25) is 5.78 Å². The predicted molar refractivity (Wildman–Crippen MR) is 16.4 cm³/mol. The summed E-state index contributed by atoms with van der Waals surface area (Å²) in [6.07, 6.45) is -2.47. The summed E-state index contributed by atoms with van der Waals surface area (Å²) in [4.78, 5) is 9.35. The molecule has 1 radical (unpaired) electrons. The van der Waals surface area contributed by atoms with E-state index < -0.39 is 18.9 Å². The van der Waals surface area contributed by atoms with Gasteiger partial charge in [-0.2, -0.15) is 8.78 Å². The quantitative estimate of drug-likeness (QED) is 0.518. The predicted octanol–water partition coefficient (Wildman–Crippen LogP) is 0.953. The average Bonchev–Trinajstić information content (AvgIpc) is 1.65. The van der Waals surface area contributed by atoms with E-state index >= 15 is 0 Å². The van der Waals surface area contributed by atoms with Gasteiger partial charge in [0.1, 0.15) is 0 Å². The topological polar surface area (TPSA) is 17.1 Å². The van der Waals surface area contributed by atoms with Crippen LogP contribution in [0.4, 0.5) is 13.2 Å². The molecule has 0 aromatic carbocycles. The number of carbonyl (C=O) groups excluding carboxylic acids is 1. The molecule has 0 aliphatic carbocycles. The number of hydrogen-bond donors (Lipinski definition) is 0. The van der Waals surface area contributed by atoms with E-state index in [2.05, 4.69) is 0 Å². The van der Waals surface area contributed by atoms with Gasteiger partial charge in [-0.1, -0.05) is 0 Å². The highest BCUT2D eigenvalue weighted by atomic mass is 19.3. The molecule has 0 spiro atoms. The Balaban J connectivity index is 3.35. The third kappa shape index (κ3) is 2.19. The molecule has 0 heterocycles. The molecule has 0 aliphatic rings. The summed E-state index contributed by atoms with van der Waals surface area (Å²) in [5.41, 5.74) is 0. The summed E-state index contributed by atoms with van der Waals surface area (Å²) in [7, 11) is 0. The van der Waals surface area contributed by atoms with E-state index in [0.717, 1.165) is 0 Å². The molecule has 0 bridgehead atoms. The van der Waals surface area contributed by atoms with Crippen molar-refractivity contribution in [2.24, 2.45) is 0 Å². The minimum Gasteiger partial charge on any atom is -0.290 e. The molecule has 0 aliphatic heterocycles. The second kappa shape index (κ2) is 2.60. The van der Waals surface area contributed by atoms with Crippen LogP contribution in [0.3, 0.4) is 0 Å². The third-order valence-corrected chi connectivity index (χ3v) is 0.332. The summed E-state index contributed by atoms with van der Waals surface area (Å²) in [6.45, 7) is -1.61. The minimum atomic E-state index is -2.47. The van der Waals surface area contributed by atoms with Crippen LogP contribution in [0, 0.1) is 6.43 Å². The van der Waals surface area contributed by atoms with Crippen LogP contribution in [0.25, 0.3) is 0 Å². The maximum atomic E-state index is 10.8. The first-order valence-corrected chi connectivity index (χ1v) is 1.45. The lowest BCUT2D eigenvalue weighted by Gasteiger charge is -1.83. The lowest BCUT2D eigenvalue weighted by atomic mass is 10.5. The van der Waals surface area contributed by atoms with E-state index in [0.29, 0.717) is 0 Å². The highest BCUT2D eigenvalue weighted by Gasteiger charge is 2.16. The Bertz CT molecular complexity index is 70.6. The summed E-state index contributed by atoms with van der Waals surface area (Å²) < 4.78 is 32.3. The van der Waals surface area contributed by atoms with E-state index in [-0.39, 0.29) is 0 Å². The normalized spacial score (nSPS) is 9.71. The number of rotatable bonds is 2. The van der Waals surface area contributed by atoms with Crippen molar-refractivity contribution in [1.82, 2.24) is 0 Å². The van der Waals surface area contributed by atoms with Crippen molar-refractivity contribution in [3.05, 3.63) is 6.43 Å². The van der Waals surface area contributed by atoms with Crippen molar-refractivity contribution < 1.29 is 18.0 Å². The summed E-state index contributed by atoms with van der Waals surface area (Å²) in [5.74, 6) is -1.74. The van der Waals surface area contributed by atoms with Gasteiger partial charge < -0.3 is 0 Å². The van der Waals surface area contributed by atoms with E-state index in [4.69, 9.17) is 0 Å². The molecule has 1 nitrogen and oxygen atoms in total. The zero-order valence-corrected chi connectivity index (χ0v) is 3.25. The maximum absolute atomic E-state index is 10.8. The van der Waals surface area contributed by atoms with Crippen LogP contribution in [0.5, 0.6) is 0 Å². The van der Waals surface area contributed by atoms with Crippen LogP contribution in [0.15, 0.2) is 0 Å². The number of alkyl halides is 1. The molecule has 0 aromatic rings. The van der Waals surface area contributed by atoms with Crippen molar-refractivity contribution in [2.45, 2.75) is 0 Å². The number of carbonyl (C=O) groups is 1. The van der Waals surface area contributed by atoms with Gasteiger partial charge in [0, 0.05) is 0 Å². The highest BCUT2D eigenvalue weighted by Crippen LogP contribution is 2.02. The first-order chi connectivity index (χ1) is 3.18. The average molecular weight is 111 g/mol. The van der Waals surface area contributed by atoms with E-state index in [1.807, 2.05) is 0 Å². The Kier molecular flexibility index (Phi) is 2.40. The summed E-state index contributed by atoms with van der Waals surface area (Å²) >= 11 is 0. The fraction of sp³-hybridized carbons (Fsp3) is 0.333. The second-order valence-electron chi connectivity index (χ2n) is 0.817. The van der Waals surface area contributed by atoms with Crippen LogP contribution in [0.2, 0.25) is 0 Å². The SMILES string of the molecule is O=C(CF)[C](F)F. The summed E-state index contributed by atoms with van der Waals surface area (Å²) in [6, 6.07) is 0. The molecular weight excluding hydrogens is 109 g/mol. The van der Waals surface area contributed by atoms with E-state index in [1.54, 1.807) is 0 Å². The van der Waals surface area contributed by atoms with Crippen molar-refractivity contribution in [2.75, 3.05) is 6.67 Å². The Morgan fingerprint density at radius 2 is 1.86 bits per heavy atom. The third-order valence-electron chi connectivity index (χ3n) is 0.332. The molecule has 4 heteroatoms. The van der Waals surface area contributed by atoms with Crippen molar-refractivity contribution in [1.29, 1.82) is 0 Å². The van der Waals surface area contributed by atoms with Crippen LogP contribution < -0.4 is 0 Å². The van der Waals surface area contributed by atoms with Gasteiger partial charge in [-0.15, -0.1) is 0 Å². The molecule has 7 heavy (non-hydrogen) atoms. The molecule has 0 aromatic heterocycles. The fourth-order valence-electron chi connectivity index (χ4n) is 0.0505. The first kappa shape index (κ1) is 6.46. The van der Waals surface area contributed by atoms with Gasteiger partial charge in [-0.3, -0.25) is 4.79 Å². The monoisotopic (exact) mass is 111 g/mol. The lowest BCUT2D eigenvalue weighted by Crippen LogP contribution is -2.03. The van der Waals surface area contributed by atoms with Crippen LogP contribution in [-0.4, -0.2) is 12.5 Å². The largest absolute Gasteiger partial charge is 0.377 e. The van der Waals surface area contributed by atoms with Gasteiger partial charge >= 0.3 is 6.43 Å². The fourth-order valence-corrected chi connectivity index (χ4v) is 0.0505. The Morgan fingerprint density at radius 3 is 1.86 bits per heavy atom. The first-order valence-electron chi connectivity index (χ1n) is 1.45. The zero-order chi connectivity index (χ0) is 5.86. The minimum absolute atomic E-state index is 1.61. The van der Waals surface area contributed by atoms with Crippen LogP contribution >= 0.6 is 0 Å². The van der Waals surface area contributed by atoms with Gasteiger partial charge in [0.15, 0.2) is 6.67 Å². The standard InChI is InChI=1S/C3H2F3O/c4-1-2(7)3(5)6/h1H2. The molecule has 0 saturated heterocycles. The maximum Gasteiger partial charge on any atom is 0.377 e. The molecule has 41 valence electrons. The number of halogens is 3. The Morgan fingerprint density at radius 1 is 1.43 bits per heavy atom. The van der Waals surface area contributed by atoms with Crippen LogP contribution in [0.1, 0.15) is 0 Å².